The molecule has 2 rings (SSSR count). The average Bonchev–Trinajstić information content (AvgIpc) is 2.93. The minimum Gasteiger partial charge on any atom is -0.399 e. The molecule has 104 valence electrons. The third kappa shape index (κ3) is 4.24. The number of anilines is 2. The first-order valence-corrected chi connectivity index (χ1v) is 7.01. The number of hydrogen-bond acceptors (Lipinski definition) is 3. The van der Waals surface area contributed by atoms with Gasteiger partial charge in [0.1, 0.15) is 0 Å². The van der Waals surface area contributed by atoms with Gasteiger partial charge in [-0.2, -0.15) is 0 Å². The molecule has 4 heteroatoms. The second-order valence-corrected chi connectivity index (χ2v) is 5.34. The lowest BCUT2D eigenvalue weighted by molar-refractivity contribution is -0.116. The SMILES string of the molecule is CN(CCC(=O)Nc1ccc(N)cc1)C1CCCC1. The summed E-state index contributed by atoms with van der Waals surface area (Å²) < 4.78 is 0. The Morgan fingerprint density at radius 3 is 2.58 bits per heavy atom. The minimum absolute atomic E-state index is 0.0645. The van der Waals surface area contributed by atoms with Gasteiger partial charge in [0, 0.05) is 30.4 Å². The highest BCUT2D eigenvalue weighted by molar-refractivity contribution is 5.90. The Hall–Kier alpha value is -1.55. The molecule has 0 aromatic heterocycles. The second-order valence-electron chi connectivity index (χ2n) is 5.34. The van der Waals surface area contributed by atoms with Crippen LogP contribution in [-0.2, 0) is 4.79 Å². The average molecular weight is 261 g/mol. The van der Waals surface area contributed by atoms with Gasteiger partial charge in [-0.3, -0.25) is 4.79 Å². The number of carbonyl (C=O) groups is 1. The molecule has 0 aliphatic heterocycles. The standard InChI is InChI=1S/C15H23N3O/c1-18(14-4-2-3-5-14)11-10-15(19)17-13-8-6-12(16)7-9-13/h6-9,14H,2-5,10-11,16H2,1H3,(H,17,19). The van der Waals surface area contributed by atoms with Crippen LogP contribution < -0.4 is 11.1 Å². The van der Waals surface area contributed by atoms with Crippen LogP contribution in [0.5, 0.6) is 0 Å². The normalized spacial score (nSPS) is 15.9. The summed E-state index contributed by atoms with van der Waals surface area (Å²) in [5.74, 6) is 0.0645. The molecule has 0 spiro atoms. The summed E-state index contributed by atoms with van der Waals surface area (Å²) in [4.78, 5) is 14.2. The van der Waals surface area contributed by atoms with Gasteiger partial charge in [0.05, 0.1) is 0 Å². The summed E-state index contributed by atoms with van der Waals surface area (Å²) in [5.41, 5.74) is 7.12. The first kappa shape index (κ1) is 13.9. The van der Waals surface area contributed by atoms with Crippen LogP contribution in [0.4, 0.5) is 11.4 Å². The van der Waals surface area contributed by atoms with Crippen molar-refractivity contribution in [3.63, 3.8) is 0 Å². The third-order valence-electron chi connectivity index (χ3n) is 3.83. The van der Waals surface area contributed by atoms with Gasteiger partial charge < -0.3 is 16.0 Å². The lowest BCUT2D eigenvalue weighted by atomic mass is 10.2. The van der Waals surface area contributed by atoms with Crippen LogP contribution in [0.1, 0.15) is 32.1 Å². The Labute approximate surface area is 115 Å². The molecule has 1 fully saturated rings. The maximum absolute atomic E-state index is 11.8. The molecule has 0 atom stereocenters. The third-order valence-corrected chi connectivity index (χ3v) is 3.83. The van der Waals surface area contributed by atoms with Gasteiger partial charge in [-0.05, 0) is 44.2 Å². The molecule has 0 heterocycles. The van der Waals surface area contributed by atoms with E-state index in [1.54, 1.807) is 12.1 Å². The van der Waals surface area contributed by atoms with Crippen molar-refractivity contribution in [3.05, 3.63) is 24.3 Å². The van der Waals surface area contributed by atoms with E-state index in [2.05, 4.69) is 17.3 Å². The Balaban J connectivity index is 1.73. The van der Waals surface area contributed by atoms with E-state index in [0.29, 0.717) is 18.2 Å². The Morgan fingerprint density at radius 1 is 1.32 bits per heavy atom. The summed E-state index contributed by atoms with van der Waals surface area (Å²) in [7, 11) is 2.12. The van der Waals surface area contributed by atoms with Crippen LogP contribution in [-0.4, -0.2) is 30.4 Å². The van der Waals surface area contributed by atoms with E-state index in [1.807, 2.05) is 12.1 Å². The molecule has 1 aromatic carbocycles. The van der Waals surface area contributed by atoms with Gasteiger partial charge >= 0.3 is 0 Å². The number of nitrogens with two attached hydrogens (primary N) is 1. The van der Waals surface area contributed by atoms with Crippen LogP contribution >= 0.6 is 0 Å². The largest absolute Gasteiger partial charge is 0.399 e. The highest BCUT2D eigenvalue weighted by atomic mass is 16.1. The van der Waals surface area contributed by atoms with Crippen LogP contribution in [0.3, 0.4) is 0 Å². The number of benzene rings is 1. The Bertz CT molecular complexity index is 410. The minimum atomic E-state index is 0.0645. The molecule has 3 N–H and O–H groups in total. The maximum atomic E-state index is 11.8. The molecule has 1 aliphatic rings. The molecule has 0 saturated heterocycles. The van der Waals surface area contributed by atoms with Crippen molar-refractivity contribution in [1.29, 1.82) is 0 Å². The highest BCUT2D eigenvalue weighted by Crippen LogP contribution is 2.22. The predicted molar refractivity (Wildman–Crippen MR) is 79.0 cm³/mol. The van der Waals surface area contributed by atoms with E-state index < -0.39 is 0 Å². The van der Waals surface area contributed by atoms with Crippen molar-refractivity contribution < 1.29 is 4.79 Å². The van der Waals surface area contributed by atoms with E-state index in [9.17, 15) is 4.79 Å². The van der Waals surface area contributed by atoms with E-state index in [-0.39, 0.29) is 5.91 Å². The summed E-state index contributed by atoms with van der Waals surface area (Å²) in [6.45, 7) is 0.825. The molecule has 1 amide bonds. The Morgan fingerprint density at radius 2 is 1.95 bits per heavy atom. The lowest BCUT2D eigenvalue weighted by Gasteiger charge is -2.23. The fourth-order valence-corrected chi connectivity index (χ4v) is 2.60. The van der Waals surface area contributed by atoms with E-state index in [4.69, 9.17) is 5.73 Å². The van der Waals surface area contributed by atoms with Crippen molar-refractivity contribution in [1.82, 2.24) is 4.90 Å². The van der Waals surface area contributed by atoms with Gasteiger partial charge in [0.2, 0.25) is 5.91 Å². The van der Waals surface area contributed by atoms with Crippen LogP contribution in [0.2, 0.25) is 0 Å². The molecule has 0 bridgehead atoms. The smallest absolute Gasteiger partial charge is 0.225 e. The lowest BCUT2D eigenvalue weighted by Crippen LogP contribution is -2.32. The van der Waals surface area contributed by atoms with E-state index in [1.165, 1.54) is 25.7 Å². The van der Waals surface area contributed by atoms with Crippen LogP contribution in [0.15, 0.2) is 24.3 Å². The molecular formula is C15H23N3O. The zero-order chi connectivity index (χ0) is 13.7. The molecule has 4 nitrogen and oxygen atoms in total. The van der Waals surface area contributed by atoms with Crippen molar-refractivity contribution in [2.24, 2.45) is 0 Å². The monoisotopic (exact) mass is 261 g/mol. The van der Waals surface area contributed by atoms with Gasteiger partial charge in [-0.15, -0.1) is 0 Å². The first-order valence-electron chi connectivity index (χ1n) is 7.01. The van der Waals surface area contributed by atoms with Crippen molar-refractivity contribution >= 4 is 17.3 Å². The molecule has 0 radical (unpaired) electrons. The molecule has 1 aromatic rings. The number of nitrogens with one attached hydrogen (secondary N) is 1. The topological polar surface area (TPSA) is 58.4 Å². The molecule has 19 heavy (non-hydrogen) atoms. The van der Waals surface area contributed by atoms with Crippen molar-refractivity contribution in [2.45, 2.75) is 38.1 Å². The molecule has 1 aliphatic carbocycles. The number of carbonyl (C=O) groups excluding carboxylic acids is 1. The van der Waals surface area contributed by atoms with Gasteiger partial charge in [0.15, 0.2) is 0 Å². The summed E-state index contributed by atoms with van der Waals surface area (Å²) in [6, 6.07) is 7.91. The number of hydrogen-bond donors (Lipinski definition) is 2. The maximum Gasteiger partial charge on any atom is 0.225 e. The fourth-order valence-electron chi connectivity index (χ4n) is 2.60. The molecular weight excluding hydrogens is 238 g/mol. The van der Waals surface area contributed by atoms with E-state index in [0.717, 1.165) is 12.2 Å². The predicted octanol–water partition coefficient (Wildman–Crippen LogP) is 2.47. The van der Waals surface area contributed by atoms with Crippen LogP contribution in [0, 0.1) is 0 Å². The number of amides is 1. The van der Waals surface area contributed by atoms with Gasteiger partial charge in [-0.25, -0.2) is 0 Å². The summed E-state index contributed by atoms with van der Waals surface area (Å²) in [5, 5.41) is 2.89. The summed E-state index contributed by atoms with van der Waals surface area (Å²) in [6.07, 6.45) is 5.74. The number of rotatable bonds is 5. The zero-order valence-electron chi connectivity index (χ0n) is 11.6. The Kier molecular flexibility index (Phi) is 4.80. The molecule has 0 unspecified atom stereocenters. The van der Waals surface area contributed by atoms with Crippen LogP contribution in [0.25, 0.3) is 0 Å². The van der Waals surface area contributed by atoms with Crippen molar-refractivity contribution in [2.75, 3.05) is 24.6 Å². The zero-order valence-corrected chi connectivity index (χ0v) is 11.6. The fraction of sp³-hybridized carbons (Fsp3) is 0.533. The number of nitrogens with zero attached hydrogens (tertiary/aromatic N) is 1. The van der Waals surface area contributed by atoms with Crippen molar-refractivity contribution in [3.8, 4) is 0 Å². The van der Waals surface area contributed by atoms with E-state index >= 15 is 0 Å². The quantitative estimate of drug-likeness (QED) is 0.801. The number of nitrogen functional groups attached to an aromatic ring is 1. The first-order chi connectivity index (χ1) is 9.15. The molecule has 1 saturated carbocycles. The second kappa shape index (κ2) is 6.57. The van der Waals surface area contributed by atoms with Gasteiger partial charge in [0.25, 0.3) is 0 Å². The summed E-state index contributed by atoms with van der Waals surface area (Å²) >= 11 is 0. The van der Waals surface area contributed by atoms with Gasteiger partial charge in [-0.1, -0.05) is 12.8 Å². The highest BCUT2D eigenvalue weighted by Gasteiger charge is 2.19.